The Morgan fingerprint density at radius 3 is 2.56 bits per heavy atom. The predicted molar refractivity (Wildman–Crippen MR) is 105 cm³/mol. The van der Waals surface area contributed by atoms with E-state index in [0.29, 0.717) is 22.8 Å². The molecule has 1 amide bonds. The first-order valence-corrected chi connectivity index (χ1v) is 9.35. The largest absolute Gasteiger partial charge is 0.351 e. The number of thioether (sulfide) groups is 1. The molecule has 0 spiro atoms. The maximum absolute atomic E-state index is 12.2. The highest BCUT2D eigenvalue weighted by molar-refractivity contribution is 7.99. The highest BCUT2D eigenvalue weighted by Crippen LogP contribution is 2.19. The lowest BCUT2D eigenvalue weighted by Crippen LogP contribution is -2.25. The fourth-order valence-corrected chi connectivity index (χ4v) is 3.17. The highest BCUT2D eigenvalue weighted by Gasteiger charge is 2.10. The number of nitrogens with zero attached hydrogens (tertiary/aromatic N) is 3. The van der Waals surface area contributed by atoms with Crippen molar-refractivity contribution in [1.82, 2.24) is 15.1 Å². The van der Waals surface area contributed by atoms with E-state index in [-0.39, 0.29) is 11.6 Å². The summed E-state index contributed by atoms with van der Waals surface area (Å²) < 4.78 is 1.50. The molecule has 7 nitrogen and oxygen atoms in total. The van der Waals surface area contributed by atoms with Crippen LogP contribution in [0.1, 0.15) is 10.4 Å². The smallest absolute Gasteiger partial charge is 0.269 e. The number of aromatic nitrogens is 2. The standard InChI is InChI=1S/C18H15ClN4O3S/c19-14-1-7-17(8-2-14)27-10-9-20-18(24)13-11-21-22(12-13)15-3-5-16(6-4-15)23(25)26/h1-8,11-12H,9-10H2,(H,20,24). The summed E-state index contributed by atoms with van der Waals surface area (Å²) in [5.74, 6) is 0.504. The van der Waals surface area contributed by atoms with E-state index in [2.05, 4.69) is 10.4 Å². The number of carbonyl (C=O) groups excluding carboxylic acids is 1. The van der Waals surface area contributed by atoms with Gasteiger partial charge in [0.2, 0.25) is 0 Å². The van der Waals surface area contributed by atoms with Crippen molar-refractivity contribution < 1.29 is 9.72 Å². The van der Waals surface area contributed by atoms with E-state index < -0.39 is 4.92 Å². The van der Waals surface area contributed by atoms with Crippen LogP contribution in [0, 0.1) is 10.1 Å². The van der Waals surface area contributed by atoms with Crippen LogP contribution >= 0.6 is 23.4 Å². The number of hydrogen-bond donors (Lipinski definition) is 1. The van der Waals surface area contributed by atoms with Crippen molar-refractivity contribution in [3.8, 4) is 5.69 Å². The molecule has 0 saturated heterocycles. The number of carbonyl (C=O) groups is 1. The second-order valence-corrected chi connectivity index (χ2v) is 7.11. The van der Waals surface area contributed by atoms with E-state index in [1.807, 2.05) is 24.3 Å². The van der Waals surface area contributed by atoms with Gasteiger partial charge in [-0.05, 0) is 36.4 Å². The van der Waals surface area contributed by atoms with E-state index in [1.165, 1.54) is 23.0 Å². The molecule has 1 heterocycles. The van der Waals surface area contributed by atoms with Crippen LogP contribution in [0.3, 0.4) is 0 Å². The summed E-state index contributed by atoms with van der Waals surface area (Å²) in [7, 11) is 0. The van der Waals surface area contributed by atoms with Crippen molar-refractivity contribution in [2.45, 2.75) is 4.90 Å². The van der Waals surface area contributed by atoms with Gasteiger partial charge in [0.05, 0.1) is 22.4 Å². The zero-order valence-electron chi connectivity index (χ0n) is 14.0. The van der Waals surface area contributed by atoms with Crippen LogP contribution in [0.2, 0.25) is 5.02 Å². The van der Waals surface area contributed by atoms with Crippen LogP contribution in [0.25, 0.3) is 5.69 Å². The first-order valence-electron chi connectivity index (χ1n) is 7.99. The summed E-state index contributed by atoms with van der Waals surface area (Å²) in [6.07, 6.45) is 3.05. The van der Waals surface area contributed by atoms with Crippen LogP contribution in [-0.2, 0) is 0 Å². The summed E-state index contributed by atoms with van der Waals surface area (Å²) in [6.45, 7) is 0.509. The van der Waals surface area contributed by atoms with E-state index in [0.717, 1.165) is 10.6 Å². The first-order chi connectivity index (χ1) is 13.0. The zero-order chi connectivity index (χ0) is 19.2. The van der Waals surface area contributed by atoms with Crippen molar-refractivity contribution in [2.24, 2.45) is 0 Å². The van der Waals surface area contributed by atoms with Crippen molar-refractivity contribution >= 4 is 35.0 Å². The Hall–Kier alpha value is -2.84. The van der Waals surface area contributed by atoms with Gasteiger partial charge in [-0.15, -0.1) is 11.8 Å². The van der Waals surface area contributed by atoms with Crippen molar-refractivity contribution in [3.05, 3.63) is 81.6 Å². The van der Waals surface area contributed by atoms with Gasteiger partial charge >= 0.3 is 0 Å². The summed E-state index contributed by atoms with van der Waals surface area (Å²) in [6, 6.07) is 13.5. The van der Waals surface area contributed by atoms with E-state index in [4.69, 9.17) is 11.6 Å². The van der Waals surface area contributed by atoms with E-state index >= 15 is 0 Å². The van der Waals surface area contributed by atoms with Gasteiger partial charge in [-0.3, -0.25) is 14.9 Å². The lowest BCUT2D eigenvalue weighted by molar-refractivity contribution is -0.384. The Morgan fingerprint density at radius 1 is 1.19 bits per heavy atom. The summed E-state index contributed by atoms with van der Waals surface area (Å²) >= 11 is 7.47. The summed E-state index contributed by atoms with van der Waals surface area (Å²) in [5.41, 5.74) is 1.06. The van der Waals surface area contributed by atoms with Gasteiger partial charge in [0.1, 0.15) is 0 Å². The number of nitro groups is 1. The number of non-ortho nitro benzene ring substituents is 1. The lowest BCUT2D eigenvalue weighted by Gasteiger charge is -2.04. The number of nitro benzene ring substituents is 1. The molecular weight excluding hydrogens is 388 g/mol. The van der Waals surface area contributed by atoms with Crippen molar-refractivity contribution in [3.63, 3.8) is 0 Å². The number of benzene rings is 2. The minimum Gasteiger partial charge on any atom is -0.351 e. The monoisotopic (exact) mass is 402 g/mol. The molecule has 3 aromatic rings. The second kappa shape index (κ2) is 8.70. The number of amides is 1. The molecule has 0 saturated carbocycles. The van der Waals surface area contributed by atoms with Crippen LogP contribution in [0.5, 0.6) is 0 Å². The average molecular weight is 403 g/mol. The first kappa shape index (κ1) is 18.9. The third-order valence-corrected chi connectivity index (χ3v) is 4.91. The minimum absolute atomic E-state index is 0.00191. The number of hydrogen-bond acceptors (Lipinski definition) is 5. The quantitative estimate of drug-likeness (QED) is 0.279. The molecule has 0 aliphatic heterocycles. The molecule has 0 aliphatic carbocycles. The van der Waals surface area contributed by atoms with Crippen LogP contribution in [0.15, 0.2) is 65.8 Å². The molecule has 2 aromatic carbocycles. The fourth-order valence-electron chi connectivity index (χ4n) is 2.27. The van der Waals surface area contributed by atoms with Gasteiger partial charge in [-0.1, -0.05) is 11.6 Å². The van der Waals surface area contributed by atoms with Crippen LogP contribution < -0.4 is 5.32 Å². The molecule has 0 radical (unpaired) electrons. The Morgan fingerprint density at radius 2 is 1.89 bits per heavy atom. The van der Waals surface area contributed by atoms with Gasteiger partial charge in [0.25, 0.3) is 11.6 Å². The maximum atomic E-state index is 12.2. The lowest BCUT2D eigenvalue weighted by atomic mass is 10.3. The fraction of sp³-hybridized carbons (Fsp3) is 0.111. The molecule has 0 aliphatic rings. The van der Waals surface area contributed by atoms with Gasteiger partial charge in [-0.25, -0.2) is 4.68 Å². The second-order valence-electron chi connectivity index (χ2n) is 5.51. The minimum atomic E-state index is -0.464. The number of halogens is 1. The van der Waals surface area contributed by atoms with Crippen LogP contribution in [-0.4, -0.2) is 32.9 Å². The van der Waals surface area contributed by atoms with E-state index in [1.54, 1.807) is 30.1 Å². The summed E-state index contributed by atoms with van der Waals surface area (Å²) in [5, 5.41) is 18.4. The molecule has 138 valence electrons. The van der Waals surface area contributed by atoms with Crippen LogP contribution in [0.4, 0.5) is 5.69 Å². The highest BCUT2D eigenvalue weighted by atomic mass is 35.5. The number of rotatable bonds is 7. The topological polar surface area (TPSA) is 90.1 Å². The van der Waals surface area contributed by atoms with Gasteiger partial charge in [0, 0.05) is 40.5 Å². The molecule has 0 bridgehead atoms. The van der Waals surface area contributed by atoms with Gasteiger partial charge in [-0.2, -0.15) is 5.10 Å². The number of nitrogens with one attached hydrogen (secondary N) is 1. The molecule has 0 atom stereocenters. The van der Waals surface area contributed by atoms with Gasteiger partial charge < -0.3 is 5.32 Å². The Kier molecular flexibility index (Phi) is 6.10. The SMILES string of the molecule is O=C(NCCSc1ccc(Cl)cc1)c1cnn(-c2ccc([N+](=O)[O-])cc2)c1. The molecule has 1 aromatic heterocycles. The molecule has 3 rings (SSSR count). The summed E-state index contributed by atoms with van der Waals surface area (Å²) in [4.78, 5) is 23.5. The third-order valence-electron chi connectivity index (χ3n) is 3.64. The Labute approximate surface area is 164 Å². The molecule has 1 N–H and O–H groups in total. The molecular formula is C18H15ClN4O3S. The molecule has 27 heavy (non-hydrogen) atoms. The molecule has 0 fully saturated rings. The average Bonchev–Trinajstić information content (AvgIpc) is 3.17. The van der Waals surface area contributed by atoms with Crippen molar-refractivity contribution in [2.75, 3.05) is 12.3 Å². The predicted octanol–water partition coefficient (Wildman–Crippen LogP) is 3.96. The Bertz CT molecular complexity index is 942. The normalized spacial score (nSPS) is 10.6. The Balaban J connectivity index is 1.52. The van der Waals surface area contributed by atoms with Crippen molar-refractivity contribution in [1.29, 1.82) is 0 Å². The van der Waals surface area contributed by atoms with E-state index in [9.17, 15) is 14.9 Å². The third kappa shape index (κ3) is 5.08. The maximum Gasteiger partial charge on any atom is 0.269 e. The zero-order valence-corrected chi connectivity index (χ0v) is 15.6. The molecule has 0 unspecified atom stereocenters. The molecule has 9 heteroatoms. The van der Waals surface area contributed by atoms with Gasteiger partial charge in [0.15, 0.2) is 0 Å².